The smallest absolute Gasteiger partial charge is 0.252 e. The highest BCUT2D eigenvalue weighted by molar-refractivity contribution is 7.99. The molecule has 1 aliphatic rings. The lowest BCUT2D eigenvalue weighted by atomic mass is 10.0. The van der Waals surface area contributed by atoms with E-state index in [4.69, 9.17) is 10.5 Å². The van der Waals surface area contributed by atoms with Crippen LogP contribution in [0, 0.1) is 5.92 Å². The van der Waals surface area contributed by atoms with Crippen LogP contribution in [-0.4, -0.2) is 48.2 Å². The van der Waals surface area contributed by atoms with E-state index >= 15 is 0 Å². The minimum atomic E-state index is -0.124. The van der Waals surface area contributed by atoms with E-state index in [0.717, 1.165) is 42.2 Å². The number of carbonyl (C=O) groups excluding carboxylic acids is 1. The molecule has 8 heteroatoms. The number of pyridine rings is 2. The lowest BCUT2D eigenvalue weighted by molar-refractivity contribution is 0.0642. The Morgan fingerprint density at radius 1 is 1.30 bits per heavy atom. The van der Waals surface area contributed by atoms with Crippen molar-refractivity contribution in [3.05, 3.63) is 36.3 Å². The maximum atomic E-state index is 12.5. The summed E-state index contributed by atoms with van der Waals surface area (Å²) in [5.74, 6) is 0.761. The highest BCUT2D eigenvalue weighted by atomic mass is 32.2. The van der Waals surface area contributed by atoms with Crippen LogP contribution >= 0.6 is 11.8 Å². The van der Waals surface area contributed by atoms with E-state index in [1.54, 1.807) is 18.6 Å². The molecule has 1 saturated heterocycles. The van der Waals surface area contributed by atoms with Gasteiger partial charge in [-0.25, -0.2) is 4.98 Å². The van der Waals surface area contributed by atoms with Crippen LogP contribution < -0.4 is 11.1 Å². The summed E-state index contributed by atoms with van der Waals surface area (Å²) in [4.78, 5) is 25.1. The Kier molecular flexibility index (Phi) is 6.92. The molecule has 1 aliphatic heterocycles. The first kappa shape index (κ1) is 19.5. The van der Waals surface area contributed by atoms with Gasteiger partial charge >= 0.3 is 0 Å². The molecule has 0 bridgehead atoms. The molecule has 1 fully saturated rings. The van der Waals surface area contributed by atoms with Crippen molar-refractivity contribution in [1.29, 1.82) is 0 Å². The van der Waals surface area contributed by atoms with Gasteiger partial charge in [-0.2, -0.15) is 0 Å². The second-order valence-corrected chi connectivity index (χ2v) is 7.25. The fourth-order valence-corrected chi connectivity index (χ4v) is 3.47. The highest BCUT2D eigenvalue weighted by Gasteiger charge is 2.16. The molecule has 142 valence electrons. The third-order valence-corrected chi connectivity index (χ3v) is 5.20. The van der Waals surface area contributed by atoms with E-state index in [0.29, 0.717) is 29.6 Å². The summed E-state index contributed by atoms with van der Waals surface area (Å²) in [6, 6.07) is 3.69. The number of aliphatic imine (C=N–C) groups is 1. The van der Waals surface area contributed by atoms with E-state index in [9.17, 15) is 4.79 Å². The molecule has 0 spiro atoms. The number of nitrogens with two attached hydrogens (primary N) is 1. The molecule has 2 aromatic rings. The maximum absolute atomic E-state index is 12.5. The summed E-state index contributed by atoms with van der Waals surface area (Å²) in [7, 11) is 0. The zero-order chi connectivity index (χ0) is 19.1. The van der Waals surface area contributed by atoms with Gasteiger partial charge in [0.2, 0.25) is 0 Å². The van der Waals surface area contributed by atoms with E-state index in [-0.39, 0.29) is 5.91 Å². The fourth-order valence-electron chi connectivity index (χ4n) is 2.91. The van der Waals surface area contributed by atoms with Crippen molar-refractivity contribution in [2.45, 2.75) is 17.9 Å². The molecule has 2 aromatic heterocycles. The van der Waals surface area contributed by atoms with Crippen molar-refractivity contribution < 1.29 is 9.53 Å². The van der Waals surface area contributed by atoms with Gasteiger partial charge in [-0.15, -0.1) is 0 Å². The number of rotatable bonds is 7. The number of ether oxygens (including phenoxy) is 1. The number of amides is 1. The molecule has 0 radical (unpaired) electrons. The quantitative estimate of drug-likeness (QED) is 0.431. The minimum absolute atomic E-state index is 0.124. The van der Waals surface area contributed by atoms with Crippen molar-refractivity contribution in [1.82, 2.24) is 15.3 Å². The fraction of sp³-hybridized carbons (Fsp3) is 0.368. The van der Waals surface area contributed by atoms with Crippen molar-refractivity contribution in [2.75, 3.05) is 25.6 Å². The van der Waals surface area contributed by atoms with Gasteiger partial charge in [0.1, 0.15) is 5.03 Å². The molecule has 3 rings (SSSR count). The molecule has 0 saturated carbocycles. The van der Waals surface area contributed by atoms with Gasteiger partial charge in [0.25, 0.3) is 5.91 Å². The molecule has 7 nitrogen and oxygen atoms in total. The molecule has 0 atom stereocenters. The van der Waals surface area contributed by atoms with Crippen molar-refractivity contribution in [2.24, 2.45) is 16.6 Å². The predicted octanol–water partition coefficient (Wildman–Crippen LogP) is 2.64. The van der Waals surface area contributed by atoms with Gasteiger partial charge in [-0.1, -0.05) is 11.8 Å². The van der Waals surface area contributed by atoms with Gasteiger partial charge in [0.05, 0.1) is 11.3 Å². The van der Waals surface area contributed by atoms with Crippen LogP contribution in [0.15, 0.2) is 40.7 Å². The number of aromatic nitrogens is 2. The average Bonchev–Trinajstić information content (AvgIpc) is 2.73. The third kappa shape index (κ3) is 5.12. The number of nitrogens with one attached hydrogen (secondary N) is 1. The first-order chi connectivity index (χ1) is 13.2. The highest BCUT2D eigenvalue weighted by Crippen LogP contribution is 2.31. The normalized spacial score (nSPS) is 14.7. The average molecular weight is 385 g/mol. The van der Waals surface area contributed by atoms with Gasteiger partial charge in [-0.3, -0.25) is 14.8 Å². The van der Waals surface area contributed by atoms with Gasteiger partial charge in [-0.05, 0) is 37.6 Å². The summed E-state index contributed by atoms with van der Waals surface area (Å²) in [6.45, 7) is 5.78. The van der Waals surface area contributed by atoms with E-state index in [2.05, 4.69) is 27.0 Å². The SMILES string of the molecule is C=Nc1cc(-c2cncc(C(=O)NCC3CCOCC3)c2)cnc1SCN. The molecule has 0 aromatic carbocycles. The second-order valence-electron chi connectivity index (χ2n) is 6.25. The first-order valence-corrected chi connectivity index (χ1v) is 9.81. The van der Waals surface area contributed by atoms with E-state index < -0.39 is 0 Å². The van der Waals surface area contributed by atoms with Crippen LogP contribution in [0.2, 0.25) is 0 Å². The van der Waals surface area contributed by atoms with Crippen LogP contribution in [0.4, 0.5) is 5.69 Å². The van der Waals surface area contributed by atoms with Crippen molar-refractivity contribution in [3.8, 4) is 11.1 Å². The minimum Gasteiger partial charge on any atom is -0.381 e. The Labute approximate surface area is 162 Å². The zero-order valence-corrected chi connectivity index (χ0v) is 15.9. The lowest BCUT2D eigenvalue weighted by Gasteiger charge is -2.22. The lowest BCUT2D eigenvalue weighted by Crippen LogP contribution is -2.32. The van der Waals surface area contributed by atoms with Crippen LogP contribution in [0.3, 0.4) is 0 Å². The van der Waals surface area contributed by atoms with Crippen LogP contribution in [0.5, 0.6) is 0 Å². The maximum Gasteiger partial charge on any atom is 0.252 e. The Bertz CT molecular complexity index is 808. The molecule has 3 heterocycles. The Hall–Kier alpha value is -2.29. The van der Waals surface area contributed by atoms with Crippen LogP contribution in [0.25, 0.3) is 11.1 Å². The number of thioether (sulfide) groups is 1. The standard InChI is InChI=1S/C19H23N5O2S/c1-21-17-7-15(11-24-19(17)27-12-20)14-6-16(10-22-9-14)18(25)23-8-13-2-4-26-5-3-13/h6-7,9-11,13H,1-5,8,12,20H2,(H,23,25). The Morgan fingerprint density at radius 2 is 2.07 bits per heavy atom. The molecule has 3 N–H and O–H groups in total. The summed E-state index contributed by atoms with van der Waals surface area (Å²) in [5, 5.41) is 3.73. The Balaban J connectivity index is 1.72. The summed E-state index contributed by atoms with van der Waals surface area (Å²) in [5.41, 5.74) is 8.38. The zero-order valence-electron chi connectivity index (χ0n) is 15.1. The van der Waals surface area contributed by atoms with Crippen molar-refractivity contribution >= 4 is 30.1 Å². The number of carbonyl (C=O) groups is 1. The van der Waals surface area contributed by atoms with Gasteiger partial charge in [0, 0.05) is 55.4 Å². The monoisotopic (exact) mass is 385 g/mol. The topological polar surface area (TPSA) is 102 Å². The summed E-state index contributed by atoms with van der Waals surface area (Å²) >= 11 is 1.40. The van der Waals surface area contributed by atoms with Gasteiger partial charge in [0.15, 0.2) is 0 Å². The summed E-state index contributed by atoms with van der Waals surface area (Å²) in [6.07, 6.45) is 6.97. The van der Waals surface area contributed by atoms with E-state index in [1.807, 2.05) is 12.1 Å². The largest absolute Gasteiger partial charge is 0.381 e. The summed E-state index contributed by atoms with van der Waals surface area (Å²) < 4.78 is 5.35. The van der Waals surface area contributed by atoms with Crippen LogP contribution in [-0.2, 0) is 4.74 Å². The molecule has 27 heavy (non-hydrogen) atoms. The predicted molar refractivity (Wildman–Crippen MR) is 107 cm³/mol. The van der Waals surface area contributed by atoms with Crippen molar-refractivity contribution in [3.63, 3.8) is 0 Å². The third-order valence-electron chi connectivity index (χ3n) is 4.45. The molecule has 1 amide bonds. The molecule has 0 aliphatic carbocycles. The molecular formula is C19H23N5O2S. The number of nitrogens with zero attached hydrogens (tertiary/aromatic N) is 3. The molecule has 0 unspecified atom stereocenters. The second kappa shape index (κ2) is 9.59. The van der Waals surface area contributed by atoms with Gasteiger partial charge < -0.3 is 15.8 Å². The van der Waals surface area contributed by atoms with E-state index in [1.165, 1.54) is 11.8 Å². The first-order valence-electron chi connectivity index (χ1n) is 8.82. The van der Waals surface area contributed by atoms with Crippen LogP contribution in [0.1, 0.15) is 23.2 Å². The molecular weight excluding hydrogens is 362 g/mol. The Morgan fingerprint density at radius 3 is 2.81 bits per heavy atom. The number of hydrogen-bond acceptors (Lipinski definition) is 7. The number of hydrogen-bond donors (Lipinski definition) is 2.